The Balaban J connectivity index is 2.35. The zero-order valence-corrected chi connectivity index (χ0v) is 10.2. The first-order valence-corrected chi connectivity index (χ1v) is 5.43. The van der Waals surface area contributed by atoms with Crippen LogP contribution in [0.2, 0.25) is 5.15 Å². The minimum Gasteiger partial charge on any atom is -0.465 e. The number of methoxy groups -OCH3 is 1. The lowest BCUT2D eigenvalue weighted by Gasteiger charge is -2.07. The van der Waals surface area contributed by atoms with E-state index in [9.17, 15) is 4.79 Å². The number of ether oxygens (including phenoxy) is 2. The molecule has 0 radical (unpaired) electrons. The summed E-state index contributed by atoms with van der Waals surface area (Å²) < 4.78 is 10.1. The van der Waals surface area contributed by atoms with Gasteiger partial charge in [0.1, 0.15) is 11.3 Å². The summed E-state index contributed by atoms with van der Waals surface area (Å²) in [6, 6.07) is 10.3. The van der Waals surface area contributed by atoms with Crippen molar-refractivity contribution in [2.45, 2.75) is 0 Å². The maximum Gasteiger partial charge on any atom is 0.343 e. The lowest BCUT2D eigenvalue weighted by atomic mass is 10.3. The molecule has 0 aliphatic rings. The normalized spacial score (nSPS) is 9.89. The van der Waals surface area contributed by atoms with Gasteiger partial charge in [-0.25, -0.2) is 4.79 Å². The zero-order chi connectivity index (χ0) is 13.0. The first-order chi connectivity index (χ1) is 8.70. The number of carbonyl (C=O) groups excluding carboxylic acids is 1. The van der Waals surface area contributed by atoms with Gasteiger partial charge in [-0.1, -0.05) is 29.8 Å². The highest BCUT2D eigenvalue weighted by Crippen LogP contribution is 2.24. The zero-order valence-electron chi connectivity index (χ0n) is 9.46. The number of benzene rings is 1. The van der Waals surface area contributed by atoms with Crippen molar-refractivity contribution in [3.05, 3.63) is 47.1 Å². The maximum absolute atomic E-state index is 11.5. The van der Waals surface area contributed by atoms with Crippen LogP contribution in [0.15, 0.2) is 36.4 Å². The van der Waals surface area contributed by atoms with Gasteiger partial charge in [0.05, 0.1) is 7.11 Å². The van der Waals surface area contributed by atoms with Crippen LogP contribution in [0.25, 0.3) is 0 Å². The molecule has 0 saturated heterocycles. The molecule has 0 bridgehead atoms. The smallest absolute Gasteiger partial charge is 0.343 e. The van der Waals surface area contributed by atoms with Crippen LogP contribution in [-0.2, 0) is 4.74 Å². The van der Waals surface area contributed by atoms with Gasteiger partial charge in [0.2, 0.25) is 0 Å². The van der Waals surface area contributed by atoms with Crippen LogP contribution in [-0.4, -0.2) is 23.3 Å². The monoisotopic (exact) mass is 264 g/mol. The molecule has 5 nitrogen and oxygen atoms in total. The standard InChI is InChI=1S/C12H9ClN2O3/c1-17-12(16)9-7-10(13)14-15-11(9)18-8-5-3-2-4-6-8/h2-7H,1H3. The molecule has 0 aliphatic carbocycles. The van der Waals surface area contributed by atoms with Gasteiger partial charge in [-0.3, -0.25) is 0 Å². The van der Waals surface area contributed by atoms with E-state index in [-0.39, 0.29) is 16.6 Å². The van der Waals surface area contributed by atoms with E-state index in [1.807, 2.05) is 6.07 Å². The Kier molecular flexibility index (Phi) is 3.74. The number of para-hydroxylation sites is 1. The minimum absolute atomic E-state index is 0.0532. The van der Waals surface area contributed by atoms with Crippen molar-refractivity contribution in [2.75, 3.05) is 7.11 Å². The lowest BCUT2D eigenvalue weighted by molar-refractivity contribution is 0.0596. The van der Waals surface area contributed by atoms with Crippen molar-refractivity contribution in [2.24, 2.45) is 0 Å². The van der Waals surface area contributed by atoms with Gasteiger partial charge in [-0.2, -0.15) is 0 Å². The Morgan fingerprint density at radius 3 is 2.61 bits per heavy atom. The van der Waals surface area contributed by atoms with Crippen LogP contribution in [0.4, 0.5) is 0 Å². The molecule has 0 unspecified atom stereocenters. The number of hydrogen-bond acceptors (Lipinski definition) is 5. The molecule has 0 fully saturated rings. The Bertz CT molecular complexity index is 561. The van der Waals surface area contributed by atoms with E-state index in [2.05, 4.69) is 14.9 Å². The van der Waals surface area contributed by atoms with Gasteiger partial charge in [-0.15, -0.1) is 10.2 Å². The number of nitrogens with zero attached hydrogens (tertiary/aromatic N) is 2. The number of halogens is 1. The number of rotatable bonds is 3. The number of aromatic nitrogens is 2. The average Bonchev–Trinajstić information content (AvgIpc) is 2.41. The largest absolute Gasteiger partial charge is 0.465 e. The molecule has 6 heteroatoms. The molecule has 0 spiro atoms. The summed E-state index contributed by atoms with van der Waals surface area (Å²) in [5, 5.41) is 7.47. The molecule has 2 rings (SSSR count). The third kappa shape index (κ3) is 2.75. The molecule has 0 amide bonds. The van der Waals surface area contributed by atoms with Gasteiger partial charge in [0.15, 0.2) is 5.15 Å². The molecule has 92 valence electrons. The van der Waals surface area contributed by atoms with Crippen molar-refractivity contribution >= 4 is 17.6 Å². The van der Waals surface area contributed by atoms with Crippen LogP contribution in [0.3, 0.4) is 0 Å². The quantitative estimate of drug-likeness (QED) is 0.798. The highest BCUT2D eigenvalue weighted by atomic mass is 35.5. The Morgan fingerprint density at radius 1 is 1.22 bits per heavy atom. The van der Waals surface area contributed by atoms with Crippen LogP contribution in [0.5, 0.6) is 11.6 Å². The summed E-state index contributed by atoms with van der Waals surface area (Å²) in [5.41, 5.74) is 0.126. The third-order valence-corrected chi connectivity index (χ3v) is 2.28. The topological polar surface area (TPSA) is 61.3 Å². The van der Waals surface area contributed by atoms with Gasteiger partial charge in [-0.05, 0) is 18.2 Å². The van der Waals surface area contributed by atoms with Crippen molar-refractivity contribution in [3.8, 4) is 11.6 Å². The maximum atomic E-state index is 11.5. The van der Waals surface area contributed by atoms with E-state index in [4.69, 9.17) is 16.3 Å². The average molecular weight is 265 g/mol. The first-order valence-electron chi connectivity index (χ1n) is 5.05. The van der Waals surface area contributed by atoms with Crippen LogP contribution >= 0.6 is 11.6 Å². The van der Waals surface area contributed by atoms with Gasteiger partial charge >= 0.3 is 5.97 Å². The molecule has 1 aromatic heterocycles. The second-order valence-electron chi connectivity index (χ2n) is 3.29. The Hall–Kier alpha value is -2.14. The van der Waals surface area contributed by atoms with E-state index in [0.29, 0.717) is 5.75 Å². The van der Waals surface area contributed by atoms with Gasteiger partial charge in [0.25, 0.3) is 5.88 Å². The fraction of sp³-hybridized carbons (Fsp3) is 0.0833. The molecule has 18 heavy (non-hydrogen) atoms. The van der Waals surface area contributed by atoms with Crippen molar-refractivity contribution < 1.29 is 14.3 Å². The Morgan fingerprint density at radius 2 is 1.94 bits per heavy atom. The second kappa shape index (κ2) is 5.46. The highest BCUT2D eigenvalue weighted by molar-refractivity contribution is 6.29. The van der Waals surface area contributed by atoms with E-state index in [0.717, 1.165) is 0 Å². The molecular weight excluding hydrogens is 256 g/mol. The molecule has 0 saturated carbocycles. The van der Waals surface area contributed by atoms with Crippen LogP contribution in [0, 0.1) is 0 Å². The molecule has 0 N–H and O–H groups in total. The molecule has 1 aromatic carbocycles. The molecule has 2 aromatic rings. The fourth-order valence-electron chi connectivity index (χ4n) is 1.29. The van der Waals surface area contributed by atoms with E-state index in [1.54, 1.807) is 24.3 Å². The molecular formula is C12H9ClN2O3. The predicted molar refractivity (Wildman–Crippen MR) is 64.9 cm³/mol. The molecule has 1 heterocycles. The number of carbonyl (C=O) groups is 1. The number of esters is 1. The summed E-state index contributed by atoms with van der Waals surface area (Å²) >= 11 is 5.68. The highest BCUT2D eigenvalue weighted by Gasteiger charge is 2.17. The summed E-state index contributed by atoms with van der Waals surface area (Å²) in [6.07, 6.45) is 0. The van der Waals surface area contributed by atoms with Crippen molar-refractivity contribution in [3.63, 3.8) is 0 Å². The second-order valence-corrected chi connectivity index (χ2v) is 3.68. The van der Waals surface area contributed by atoms with E-state index < -0.39 is 5.97 Å². The summed E-state index contributed by atoms with van der Waals surface area (Å²) in [7, 11) is 1.27. The van der Waals surface area contributed by atoms with Crippen molar-refractivity contribution in [1.29, 1.82) is 0 Å². The lowest BCUT2D eigenvalue weighted by Crippen LogP contribution is -2.06. The Labute approximate surface area is 108 Å². The summed E-state index contributed by atoms with van der Waals surface area (Å²) in [4.78, 5) is 11.5. The SMILES string of the molecule is COC(=O)c1cc(Cl)nnc1Oc1ccccc1. The third-order valence-electron chi connectivity index (χ3n) is 2.09. The van der Waals surface area contributed by atoms with E-state index in [1.165, 1.54) is 13.2 Å². The first kappa shape index (κ1) is 12.3. The van der Waals surface area contributed by atoms with E-state index >= 15 is 0 Å². The number of hydrogen-bond donors (Lipinski definition) is 0. The summed E-state index contributed by atoms with van der Waals surface area (Å²) in [5.74, 6) is 0.00876. The molecule has 0 atom stereocenters. The molecule has 0 aliphatic heterocycles. The minimum atomic E-state index is -0.585. The van der Waals surface area contributed by atoms with Gasteiger partial charge in [0, 0.05) is 0 Å². The fourth-order valence-corrected chi connectivity index (χ4v) is 1.44. The van der Waals surface area contributed by atoms with Crippen LogP contribution < -0.4 is 4.74 Å². The predicted octanol–water partition coefficient (Wildman–Crippen LogP) is 2.71. The summed E-state index contributed by atoms with van der Waals surface area (Å²) in [6.45, 7) is 0. The van der Waals surface area contributed by atoms with Crippen LogP contribution in [0.1, 0.15) is 10.4 Å². The van der Waals surface area contributed by atoms with Crippen molar-refractivity contribution in [1.82, 2.24) is 10.2 Å². The van der Waals surface area contributed by atoms with Gasteiger partial charge < -0.3 is 9.47 Å².